The van der Waals surface area contributed by atoms with E-state index < -0.39 is 10.8 Å². The van der Waals surface area contributed by atoms with Crippen molar-refractivity contribution in [3.8, 4) is 55.6 Å². The first kappa shape index (κ1) is 58.5. The molecule has 0 fully saturated rings. The molecule has 97 heavy (non-hydrogen) atoms. The van der Waals surface area contributed by atoms with Crippen LogP contribution in [0.3, 0.4) is 0 Å². The molecule has 15 aromatic rings. The van der Waals surface area contributed by atoms with Crippen molar-refractivity contribution in [1.82, 2.24) is 0 Å². The van der Waals surface area contributed by atoms with Gasteiger partial charge in [0, 0.05) is 44.6 Å². The van der Waals surface area contributed by atoms with Crippen molar-refractivity contribution in [2.75, 3.05) is 9.80 Å². The smallest absolute Gasteiger partial charge is 0.0714 e. The van der Waals surface area contributed by atoms with Crippen molar-refractivity contribution in [2.24, 2.45) is 0 Å². The zero-order valence-corrected chi connectivity index (χ0v) is 53.8. The van der Waals surface area contributed by atoms with Gasteiger partial charge in [0.15, 0.2) is 0 Å². The van der Waals surface area contributed by atoms with E-state index in [4.69, 9.17) is 0 Å². The van der Waals surface area contributed by atoms with Crippen molar-refractivity contribution >= 4 is 55.7 Å². The first-order chi connectivity index (χ1) is 48.1. The lowest BCUT2D eigenvalue weighted by molar-refractivity contribution is 0.645. The van der Waals surface area contributed by atoms with Gasteiger partial charge in [-0.3, -0.25) is 0 Å². The van der Waals surface area contributed by atoms with Crippen molar-refractivity contribution < 1.29 is 0 Å². The van der Waals surface area contributed by atoms with Crippen LogP contribution >= 0.6 is 0 Å². The predicted molar refractivity (Wildman–Crippen MR) is 409 cm³/mol. The molecule has 1 atom stereocenters. The van der Waals surface area contributed by atoms with Gasteiger partial charge in [-0.15, -0.1) is 0 Å². The Morgan fingerprint density at radius 1 is 0.268 bits per heavy atom. The average molecular weight is 1240 g/mol. The van der Waals surface area contributed by atoms with Crippen molar-refractivity contribution in [1.29, 1.82) is 0 Å². The van der Waals surface area contributed by atoms with E-state index in [1.165, 1.54) is 99.8 Å². The molecule has 0 radical (unpaired) electrons. The lowest BCUT2D eigenvalue weighted by Crippen LogP contribution is -2.28. The highest BCUT2D eigenvalue weighted by Crippen LogP contribution is 2.60. The number of rotatable bonds is 16. The Kier molecular flexibility index (Phi) is 15.0. The van der Waals surface area contributed by atoms with E-state index in [2.05, 4.69) is 393 Å². The van der Waals surface area contributed by atoms with Gasteiger partial charge in [-0.05, 0) is 172 Å². The Morgan fingerprint density at radius 2 is 0.639 bits per heavy atom. The molecule has 15 aromatic carbocycles. The fourth-order valence-electron chi connectivity index (χ4n) is 16.1. The minimum atomic E-state index is -0.589. The summed E-state index contributed by atoms with van der Waals surface area (Å²) in [5.74, 6) is 0. The summed E-state index contributed by atoms with van der Waals surface area (Å²) >= 11 is 0. The molecule has 0 amide bonds. The predicted octanol–water partition coefficient (Wildman–Crippen LogP) is 25.3. The van der Waals surface area contributed by atoms with Crippen molar-refractivity contribution in [2.45, 2.75) is 17.3 Å². The van der Waals surface area contributed by atoms with Gasteiger partial charge in [0.2, 0.25) is 0 Å². The molecular weight excluding hydrogens is 1170 g/mol. The van der Waals surface area contributed by atoms with E-state index >= 15 is 0 Å². The molecule has 0 aromatic heterocycles. The van der Waals surface area contributed by atoms with Crippen LogP contribution in [0.5, 0.6) is 0 Å². The SMILES string of the molecule is C=C/C=C\C=C/CC1(c2ccccc2)c2ccccc2-c2ccc(N(c3ccc(-c4ccccc4)cc3)c3ccc(-c4c5ccccc5c(N(c5ccc(-c6ccccc6)cc5)c5ccc6c(c5)C(c5ccccc5)(c5ccccc5)c5ccccc5-6)c5ccccc45)cc3)cc21. The quantitative estimate of drug-likeness (QED) is 0.0703. The summed E-state index contributed by atoms with van der Waals surface area (Å²) in [6, 6.07) is 133. The highest BCUT2D eigenvalue weighted by atomic mass is 15.2. The summed E-state index contributed by atoms with van der Waals surface area (Å²) in [7, 11) is 0. The van der Waals surface area contributed by atoms with E-state index in [1.54, 1.807) is 0 Å². The van der Waals surface area contributed by atoms with Crippen LogP contribution in [0.25, 0.3) is 77.2 Å². The van der Waals surface area contributed by atoms with Gasteiger partial charge in [-0.25, -0.2) is 0 Å². The maximum absolute atomic E-state index is 3.94. The van der Waals surface area contributed by atoms with Crippen LogP contribution in [-0.4, -0.2) is 0 Å². The molecule has 0 saturated heterocycles. The molecular formula is C95H68N2. The first-order valence-corrected chi connectivity index (χ1v) is 33.6. The highest BCUT2D eigenvalue weighted by molar-refractivity contribution is 6.22. The zero-order chi connectivity index (χ0) is 64.7. The third-order valence-corrected chi connectivity index (χ3v) is 20.3. The van der Waals surface area contributed by atoms with Crippen LogP contribution in [0, 0.1) is 0 Å². The number of nitrogens with zero attached hydrogens (tertiary/aromatic N) is 2. The Labute approximate surface area is 568 Å². The van der Waals surface area contributed by atoms with Gasteiger partial charge in [-0.1, -0.05) is 334 Å². The molecule has 2 aliphatic carbocycles. The minimum absolute atomic E-state index is 0.453. The molecule has 0 bridgehead atoms. The van der Waals surface area contributed by atoms with E-state index in [1.807, 2.05) is 12.2 Å². The van der Waals surface area contributed by atoms with Crippen molar-refractivity contribution in [3.63, 3.8) is 0 Å². The normalized spacial score (nSPS) is 14.1. The number of fused-ring (bicyclic) bond motifs is 8. The van der Waals surface area contributed by atoms with Crippen LogP contribution in [0.4, 0.5) is 34.1 Å². The first-order valence-electron chi connectivity index (χ1n) is 33.6. The van der Waals surface area contributed by atoms with Gasteiger partial charge in [-0.2, -0.15) is 0 Å². The Morgan fingerprint density at radius 3 is 1.16 bits per heavy atom. The molecule has 0 saturated carbocycles. The monoisotopic (exact) mass is 1240 g/mol. The van der Waals surface area contributed by atoms with Crippen LogP contribution in [0.1, 0.15) is 45.4 Å². The molecule has 458 valence electrons. The molecule has 0 heterocycles. The van der Waals surface area contributed by atoms with Crippen LogP contribution in [-0.2, 0) is 10.8 Å². The van der Waals surface area contributed by atoms with E-state index in [-0.39, 0.29) is 0 Å². The lowest BCUT2D eigenvalue weighted by atomic mass is 9.67. The number of benzene rings is 15. The van der Waals surface area contributed by atoms with Crippen molar-refractivity contribution in [3.05, 3.63) is 434 Å². The summed E-state index contributed by atoms with van der Waals surface area (Å²) in [5.41, 5.74) is 26.4. The summed E-state index contributed by atoms with van der Waals surface area (Å²) in [6.07, 6.45) is 11.1. The minimum Gasteiger partial charge on any atom is -0.310 e. The molecule has 0 aliphatic heterocycles. The standard InChI is InChI=1S/C95H68N2/c1-2-3-4-5-29-64-94(72-34-15-8-16-35-72)88-46-27-25-40-80(88)82-62-60-78(65-90(82)94)96(75-54-48-69(49-55-75)67-30-11-6-12-31-67)76-58-52-71(53-59-76)92-84-42-21-23-44-86(84)93(87-45-24-22-43-85(87)92)97(77-56-50-70(51-57-77)68-32-13-7-14-33-68)79-61-63-83-81-41-26-28-47-89(81)95(91(83)66-79,73-36-17-9-18-37-73)74-38-19-10-20-39-74/h2-63,65-66H,1,64H2/b4-3-,29-5-. The molecule has 2 nitrogen and oxygen atoms in total. The van der Waals surface area contributed by atoms with Crippen LogP contribution in [0.2, 0.25) is 0 Å². The molecule has 2 heteroatoms. The summed E-state index contributed by atoms with van der Waals surface area (Å²) in [5, 5.41) is 4.65. The number of anilines is 6. The average Bonchev–Trinajstić information content (AvgIpc) is 1.66. The molecule has 0 spiro atoms. The van der Waals surface area contributed by atoms with Crippen LogP contribution < -0.4 is 9.80 Å². The van der Waals surface area contributed by atoms with Gasteiger partial charge >= 0.3 is 0 Å². The van der Waals surface area contributed by atoms with Gasteiger partial charge in [0.1, 0.15) is 0 Å². The van der Waals surface area contributed by atoms with Crippen LogP contribution in [0.15, 0.2) is 395 Å². The summed E-state index contributed by atoms with van der Waals surface area (Å²) in [4.78, 5) is 4.98. The second-order valence-corrected chi connectivity index (χ2v) is 25.4. The van der Waals surface area contributed by atoms with Gasteiger partial charge in [0.05, 0.1) is 11.1 Å². The van der Waals surface area contributed by atoms with E-state index in [0.29, 0.717) is 0 Å². The molecule has 0 N–H and O–H groups in total. The zero-order valence-electron chi connectivity index (χ0n) is 53.8. The lowest BCUT2D eigenvalue weighted by Gasteiger charge is -2.35. The topological polar surface area (TPSA) is 6.48 Å². The third-order valence-electron chi connectivity index (χ3n) is 20.3. The van der Waals surface area contributed by atoms with Gasteiger partial charge < -0.3 is 9.80 Å². The Hall–Kier alpha value is -12.4. The number of allylic oxidation sites excluding steroid dienone is 5. The molecule has 1 unspecified atom stereocenters. The molecule has 17 rings (SSSR count). The van der Waals surface area contributed by atoms with E-state index in [0.717, 1.165) is 56.9 Å². The highest BCUT2D eigenvalue weighted by Gasteiger charge is 2.47. The fourth-order valence-corrected chi connectivity index (χ4v) is 16.1. The Bertz CT molecular complexity index is 5370. The maximum atomic E-state index is 3.94. The molecule has 2 aliphatic rings. The fraction of sp³-hybridized carbons (Fsp3) is 0.0316. The Balaban J connectivity index is 0.845. The summed E-state index contributed by atoms with van der Waals surface area (Å²) in [6.45, 7) is 3.94. The summed E-state index contributed by atoms with van der Waals surface area (Å²) < 4.78 is 0. The van der Waals surface area contributed by atoms with E-state index in [9.17, 15) is 0 Å². The second-order valence-electron chi connectivity index (χ2n) is 25.4. The third kappa shape index (κ3) is 9.87. The van der Waals surface area contributed by atoms with Gasteiger partial charge in [0.25, 0.3) is 0 Å². The maximum Gasteiger partial charge on any atom is 0.0714 e. The number of hydrogen-bond acceptors (Lipinski definition) is 2. The largest absolute Gasteiger partial charge is 0.310 e. The number of hydrogen-bond donors (Lipinski definition) is 0. The second kappa shape index (κ2) is 24.8.